The zero-order valence-electron chi connectivity index (χ0n) is 7.58. The lowest BCUT2D eigenvalue weighted by Gasteiger charge is -1.92. The topological polar surface area (TPSA) is 24.9 Å². The standard InChI is InChI=1S/C9H9BrN2S2/c1-11-4-8-12-7(5-14-8)9-6(10)2-3-13-9/h2-3,5,11H,4H2,1H3. The van der Waals surface area contributed by atoms with Gasteiger partial charge in [0, 0.05) is 16.4 Å². The Morgan fingerprint density at radius 1 is 1.50 bits per heavy atom. The van der Waals surface area contributed by atoms with Crippen LogP contribution in [-0.2, 0) is 6.54 Å². The summed E-state index contributed by atoms with van der Waals surface area (Å²) in [4.78, 5) is 5.75. The summed E-state index contributed by atoms with van der Waals surface area (Å²) in [6.07, 6.45) is 0. The van der Waals surface area contributed by atoms with Gasteiger partial charge in [-0.15, -0.1) is 22.7 Å². The molecule has 2 rings (SSSR count). The van der Waals surface area contributed by atoms with Crippen LogP contribution in [0.2, 0.25) is 0 Å². The van der Waals surface area contributed by atoms with Crippen molar-refractivity contribution in [3.05, 3.63) is 26.3 Å². The van der Waals surface area contributed by atoms with Crippen molar-refractivity contribution in [2.24, 2.45) is 0 Å². The summed E-state index contributed by atoms with van der Waals surface area (Å²) >= 11 is 6.91. The molecule has 0 bridgehead atoms. The van der Waals surface area contributed by atoms with Gasteiger partial charge in [-0.1, -0.05) is 0 Å². The van der Waals surface area contributed by atoms with Crippen LogP contribution in [0.1, 0.15) is 5.01 Å². The molecule has 0 radical (unpaired) electrons. The highest BCUT2D eigenvalue weighted by Gasteiger charge is 2.08. The van der Waals surface area contributed by atoms with E-state index in [1.165, 1.54) is 4.88 Å². The van der Waals surface area contributed by atoms with Crippen LogP contribution < -0.4 is 5.32 Å². The number of halogens is 1. The molecule has 2 aromatic rings. The Balaban J connectivity index is 2.29. The van der Waals surface area contributed by atoms with E-state index in [9.17, 15) is 0 Å². The molecule has 1 N–H and O–H groups in total. The third-order valence-electron chi connectivity index (χ3n) is 1.73. The molecule has 0 aliphatic carbocycles. The average molecular weight is 289 g/mol. The fourth-order valence-electron chi connectivity index (χ4n) is 1.12. The smallest absolute Gasteiger partial charge is 0.107 e. The summed E-state index contributed by atoms with van der Waals surface area (Å²) in [5, 5.41) is 8.39. The quantitative estimate of drug-likeness (QED) is 0.937. The number of rotatable bonds is 3. The first-order valence-corrected chi connectivity index (χ1v) is 6.69. The van der Waals surface area contributed by atoms with Crippen LogP contribution in [0.5, 0.6) is 0 Å². The maximum atomic E-state index is 4.54. The molecule has 2 heterocycles. The number of hydrogen-bond donors (Lipinski definition) is 1. The molecule has 5 heteroatoms. The highest BCUT2D eigenvalue weighted by Crippen LogP contribution is 2.33. The monoisotopic (exact) mass is 288 g/mol. The minimum atomic E-state index is 0.841. The van der Waals surface area contributed by atoms with Crippen LogP contribution in [0.15, 0.2) is 21.3 Å². The number of nitrogens with zero attached hydrogens (tertiary/aromatic N) is 1. The molecule has 74 valence electrons. The molecule has 0 amide bonds. The second-order valence-corrected chi connectivity index (χ2v) is 5.47. The van der Waals surface area contributed by atoms with E-state index in [4.69, 9.17) is 0 Å². The highest BCUT2D eigenvalue weighted by molar-refractivity contribution is 9.10. The van der Waals surface area contributed by atoms with Gasteiger partial charge in [0.1, 0.15) is 5.01 Å². The summed E-state index contributed by atoms with van der Waals surface area (Å²) < 4.78 is 1.13. The van der Waals surface area contributed by atoms with Gasteiger partial charge in [-0.2, -0.15) is 0 Å². The second kappa shape index (κ2) is 4.53. The lowest BCUT2D eigenvalue weighted by Crippen LogP contribution is -2.04. The minimum absolute atomic E-state index is 0.841. The molecular weight excluding hydrogens is 280 g/mol. The third-order valence-corrected chi connectivity index (χ3v) is 4.44. The van der Waals surface area contributed by atoms with Crippen LogP contribution in [0.25, 0.3) is 10.6 Å². The Bertz CT molecular complexity index is 422. The van der Waals surface area contributed by atoms with E-state index < -0.39 is 0 Å². The molecular formula is C9H9BrN2S2. The molecule has 0 spiro atoms. The number of thiazole rings is 1. The fraction of sp³-hybridized carbons (Fsp3) is 0.222. The summed E-state index contributed by atoms with van der Waals surface area (Å²) in [6, 6.07) is 2.05. The van der Waals surface area contributed by atoms with Crippen molar-refractivity contribution in [1.29, 1.82) is 0 Å². The molecule has 2 aromatic heterocycles. The average Bonchev–Trinajstić information content (AvgIpc) is 2.74. The van der Waals surface area contributed by atoms with Gasteiger partial charge < -0.3 is 5.32 Å². The Kier molecular flexibility index (Phi) is 3.33. The molecule has 0 saturated carbocycles. The predicted molar refractivity (Wildman–Crippen MR) is 65.9 cm³/mol. The number of aromatic nitrogens is 1. The first kappa shape index (κ1) is 10.3. The number of thiophene rings is 1. The molecule has 0 unspecified atom stereocenters. The first-order chi connectivity index (χ1) is 6.81. The molecule has 0 aromatic carbocycles. The van der Waals surface area contributed by atoms with Crippen molar-refractivity contribution >= 4 is 38.6 Å². The molecule has 0 saturated heterocycles. The third kappa shape index (κ3) is 2.06. The molecule has 0 aliphatic heterocycles. The first-order valence-electron chi connectivity index (χ1n) is 4.13. The maximum Gasteiger partial charge on any atom is 0.107 e. The van der Waals surface area contributed by atoms with Crippen LogP contribution in [0.3, 0.4) is 0 Å². The van der Waals surface area contributed by atoms with Crippen LogP contribution in [0.4, 0.5) is 0 Å². The van der Waals surface area contributed by atoms with E-state index in [0.29, 0.717) is 0 Å². The van der Waals surface area contributed by atoms with Crippen LogP contribution in [-0.4, -0.2) is 12.0 Å². The SMILES string of the molecule is CNCc1nc(-c2sccc2Br)cs1. The summed E-state index contributed by atoms with van der Waals surface area (Å²) in [5.74, 6) is 0. The lowest BCUT2D eigenvalue weighted by atomic mass is 10.4. The van der Waals surface area contributed by atoms with E-state index in [-0.39, 0.29) is 0 Å². The zero-order valence-corrected chi connectivity index (χ0v) is 10.8. The Morgan fingerprint density at radius 3 is 3.00 bits per heavy atom. The number of hydrogen-bond acceptors (Lipinski definition) is 4. The van der Waals surface area contributed by atoms with E-state index in [1.54, 1.807) is 22.7 Å². The Morgan fingerprint density at radius 2 is 2.36 bits per heavy atom. The second-order valence-electron chi connectivity index (χ2n) is 2.75. The normalized spacial score (nSPS) is 10.7. The van der Waals surface area contributed by atoms with Crippen molar-refractivity contribution < 1.29 is 0 Å². The molecule has 0 atom stereocenters. The van der Waals surface area contributed by atoms with Gasteiger partial charge >= 0.3 is 0 Å². The fourth-order valence-corrected chi connectivity index (χ4v) is 3.53. The molecule has 2 nitrogen and oxygen atoms in total. The van der Waals surface area contributed by atoms with E-state index in [2.05, 4.69) is 43.1 Å². The van der Waals surface area contributed by atoms with Crippen molar-refractivity contribution in [3.63, 3.8) is 0 Å². The zero-order chi connectivity index (χ0) is 9.97. The van der Waals surface area contributed by atoms with Gasteiger partial charge in [0.05, 0.1) is 10.6 Å². The predicted octanol–water partition coefficient (Wildman–Crippen LogP) is 3.35. The largest absolute Gasteiger partial charge is 0.314 e. The van der Waals surface area contributed by atoms with Crippen LogP contribution in [0, 0.1) is 0 Å². The van der Waals surface area contributed by atoms with E-state index in [1.807, 2.05) is 7.05 Å². The van der Waals surface area contributed by atoms with E-state index in [0.717, 1.165) is 21.7 Å². The van der Waals surface area contributed by atoms with Gasteiger partial charge in [-0.25, -0.2) is 4.98 Å². The lowest BCUT2D eigenvalue weighted by molar-refractivity contribution is 0.811. The van der Waals surface area contributed by atoms with Gasteiger partial charge in [0.25, 0.3) is 0 Å². The van der Waals surface area contributed by atoms with Crippen molar-refractivity contribution in [2.45, 2.75) is 6.54 Å². The Labute approximate surface area is 99.1 Å². The highest BCUT2D eigenvalue weighted by atomic mass is 79.9. The number of nitrogens with one attached hydrogen (secondary N) is 1. The molecule has 0 fully saturated rings. The van der Waals surface area contributed by atoms with Gasteiger partial charge in [-0.05, 0) is 34.4 Å². The van der Waals surface area contributed by atoms with E-state index >= 15 is 0 Å². The maximum absolute atomic E-state index is 4.54. The minimum Gasteiger partial charge on any atom is -0.314 e. The van der Waals surface area contributed by atoms with Gasteiger partial charge in [-0.3, -0.25) is 0 Å². The molecule has 0 aliphatic rings. The molecule has 14 heavy (non-hydrogen) atoms. The van der Waals surface area contributed by atoms with Crippen LogP contribution >= 0.6 is 38.6 Å². The van der Waals surface area contributed by atoms with Crippen molar-refractivity contribution in [1.82, 2.24) is 10.3 Å². The van der Waals surface area contributed by atoms with Crippen molar-refractivity contribution in [3.8, 4) is 10.6 Å². The summed E-state index contributed by atoms with van der Waals surface area (Å²) in [7, 11) is 1.93. The van der Waals surface area contributed by atoms with Gasteiger partial charge in [0.2, 0.25) is 0 Å². The van der Waals surface area contributed by atoms with Crippen molar-refractivity contribution in [2.75, 3.05) is 7.05 Å². The van der Waals surface area contributed by atoms with Gasteiger partial charge in [0.15, 0.2) is 0 Å². The summed E-state index contributed by atoms with van der Waals surface area (Å²) in [5.41, 5.74) is 1.07. The Hall–Kier alpha value is -0.230. The summed E-state index contributed by atoms with van der Waals surface area (Å²) in [6.45, 7) is 0.841.